The predicted molar refractivity (Wildman–Crippen MR) is 69.9 cm³/mol. The summed E-state index contributed by atoms with van der Waals surface area (Å²) in [6, 6.07) is 2.83. The van der Waals surface area contributed by atoms with E-state index in [9.17, 15) is 8.42 Å². The van der Waals surface area contributed by atoms with Crippen molar-refractivity contribution in [2.75, 3.05) is 12.3 Å². The van der Waals surface area contributed by atoms with Crippen molar-refractivity contribution in [3.63, 3.8) is 0 Å². The lowest BCUT2D eigenvalue weighted by Crippen LogP contribution is -2.47. The molecule has 102 valence electrons. The van der Waals surface area contributed by atoms with Gasteiger partial charge >= 0.3 is 0 Å². The van der Waals surface area contributed by atoms with Crippen LogP contribution in [0.1, 0.15) is 19.6 Å². The van der Waals surface area contributed by atoms with Crippen LogP contribution in [-0.2, 0) is 16.6 Å². The first-order valence-electron chi connectivity index (χ1n) is 5.80. The second kappa shape index (κ2) is 5.24. The minimum absolute atomic E-state index is 0.0589. The van der Waals surface area contributed by atoms with E-state index in [4.69, 9.17) is 9.52 Å². The highest BCUT2D eigenvalue weighted by Gasteiger charge is 2.36. The number of aliphatic hydroxyl groups excluding tert-OH is 1. The normalized spacial score (nSPS) is 26.4. The molecule has 0 radical (unpaired) electrons. The summed E-state index contributed by atoms with van der Waals surface area (Å²) < 4.78 is 31.5. The van der Waals surface area contributed by atoms with Crippen LogP contribution < -0.4 is 0 Å². The number of thioether (sulfide) groups is 1. The number of rotatable bonds is 3. The molecule has 1 fully saturated rings. The van der Waals surface area contributed by atoms with E-state index in [2.05, 4.69) is 0 Å². The molecule has 0 bridgehead atoms. The summed E-state index contributed by atoms with van der Waals surface area (Å²) in [5, 5.41) is 9.09. The van der Waals surface area contributed by atoms with E-state index >= 15 is 0 Å². The van der Waals surface area contributed by atoms with Gasteiger partial charge in [-0.2, -0.15) is 16.1 Å². The van der Waals surface area contributed by atoms with Crippen molar-refractivity contribution in [3.05, 3.63) is 17.9 Å². The highest BCUT2D eigenvalue weighted by molar-refractivity contribution is 8.00. The van der Waals surface area contributed by atoms with Crippen molar-refractivity contribution < 1.29 is 17.9 Å². The van der Waals surface area contributed by atoms with Gasteiger partial charge in [-0.15, -0.1) is 0 Å². The number of nitrogens with zero attached hydrogens (tertiary/aromatic N) is 1. The van der Waals surface area contributed by atoms with Gasteiger partial charge in [0.15, 0.2) is 0 Å². The van der Waals surface area contributed by atoms with Gasteiger partial charge in [-0.1, -0.05) is 6.92 Å². The zero-order valence-electron chi connectivity index (χ0n) is 10.4. The average Bonchev–Trinajstić information content (AvgIpc) is 2.81. The number of hydrogen-bond acceptors (Lipinski definition) is 5. The van der Waals surface area contributed by atoms with E-state index < -0.39 is 10.0 Å². The van der Waals surface area contributed by atoms with Gasteiger partial charge in [-0.25, -0.2) is 8.42 Å². The maximum atomic E-state index is 12.4. The summed E-state index contributed by atoms with van der Waals surface area (Å²) >= 11 is 1.77. The molecule has 1 N–H and O–H groups in total. The Morgan fingerprint density at radius 1 is 1.50 bits per heavy atom. The lowest BCUT2D eigenvalue weighted by Gasteiger charge is -2.35. The monoisotopic (exact) mass is 291 g/mol. The van der Waals surface area contributed by atoms with Gasteiger partial charge in [-0.3, -0.25) is 0 Å². The third kappa shape index (κ3) is 2.45. The topological polar surface area (TPSA) is 70.8 Å². The molecule has 18 heavy (non-hydrogen) atoms. The molecular formula is C11H17NO4S2. The Morgan fingerprint density at radius 2 is 2.22 bits per heavy atom. The van der Waals surface area contributed by atoms with Crippen LogP contribution in [0.4, 0.5) is 0 Å². The molecule has 2 atom stereocenters. The van der Waals surface area contributed by atoms with Gasteiger partial charge in [0.2, 0.25) is 5.09 Å². The van der Waals surface area contributed by atoms with Crippen LogP contribution in [0.2, 0.25) is 0 Å². The molecule has 0 aliphatic carbocycles. The summed E-state index contributed by atoms with van der Waals surface area (Å²) in [5.74, 6) is 1.05. The minimum atomic E-state index is -3.59. The molecular weight excluding hydrogens is 274 g/mol. The number of sulfonamides is 1. The van der Waals surface area contributed by atoms with E-state index in [1.807, 2.05) is 13.8 Å². The first-order valence-corrected chi connectivity index (χ1v) is 8.28. The summed E-state index contributed by atoms with van der Waals surface area (Å²) in [4.78, 5) is 0. The lowest BCUT2D eigenvalue weighted by molar-refractivity contribution is 0.234. The summed E-state index contributed by atoms with van der Waals surface area (Å²) in [6.45, 7) is 4.13. The van der Waals surface area contributed by atoms with Gasteiger partial charge in [0.25, 0.3) is 10.0 Å². The third-order valence-electron chi connectivity index (χ3n) is 3.18. The van der Waals surface area contributed by atoms with Gasteiger partial charge < -0.3 is 9.52 Å². The largest absolute Gasteiger partial charge is 0.446 e. The first-order chi connectivity index (χ1) is 8.46. The molecule has 5 nitrogen and oxygen atoms in total. The smallest absolute Gasteiger partial charge is 0.276 e. The van der Waals surface area contributed by atoms with Crippen molar-refractivity contribution in [2.24, 2.45) is 0 Å². The van der Waals surface area contributed by atoms with Crippen molar-refractivity contribution in [3.8, 4) is 0 Å². The van der Waals surface area contributed by atoms with Crippen LogP contribution in [-0.4, -0.2) is 41.4 Å². The summed E-state index contributed by atoms with van der Waals surface area (Å²) in [6.07, 6.45) is 0. The molecule has 0 amide bonds. The maximum absolute atomic E-state index is 12.4. The molecule has 2 heterocycles. The van der Waals surface area contributed by atoms with Crippen molar-refractivity contribution >= 4 is 21.8 Å². The van der Waals surface area contributed by atoms with E-state index in [1.54, 1.807) is 11.8 Å². The van der Waals surface area contributed by atoms with E-state index in [1.165, 1.54) is 16.4 Å². The van der Waals surface area contributed by atoms with Crippen molar-refractivity contribution in [2.45, 2.75) is 36.8 Å². The molecule has 1 aliphatic rings. The Hall–Kier alpha value is -0.500. The molecule has 2 unspecified atom stereocenters. The molecule has 0 aromatic carbocycles. The van der Waals surface area contributed by atoms with Crippen molar-refractivity contribution in [1.82, 2.24) is 4.31 Å². The van der Waals surface area contributed by atoms with Crippen LogP contribution in [0.5, 0.6) is 0 Å². The molecule has 1 aromatic heterocycles. The molecule has 0 spiro atoms. The number of hydrogen-bond donors (Lipinski definition) is 1. The zero-order valence-corrected chi connectivity index (χ0v) is 12.0. The van der Waals surface area contributed by atoms with E-state index in [0.717, 1.165) is 5.75 Å². The Labute approximate surface area is 111 Å². The standard InChI is InChI=1S/C11H17NO4S2/c1-8-9(2)17-6-5-12(8)18(14,15)11-4-3-10(7-13)16-11/h3-4,8-9,13H,5-7H2,1-2H3. The molecule has 0 saturated carbocycles. The van der Waals surface area contributed by atoms with Crippen LogP contribution >= 0.6 is 11.8 Å². The second-order valence-electron chi connectivity index (χ2n) is 4.31. The Balaban J connectivity index is 2.30. The first kappa shape index (κ1) is 13.9. The second-order valence-corrected chi connectivity index (χ2v) is 7.62. The minimum Gasteiger partial charge on any atom is -0.446 e. The van der Waals surface area contributed by atoms with Gasteiger partial charge in [0.1, 0.15) is 12.4 Å². The molecule has 7 heteroatoms. The molecule has 2 rings (SSSR count). The third-order valence-corrected chi connectivity index (χ3v) is 6.38. The molecule has 1 saturated heterocycles. The van der Waals surface area contributed by atoms with Crippen LogP contribution in [0.3, 0.4) is 0 Å². The fourth-order valence-electron chi connectivity index (χ4n) is 1.94. The fourth-order valence-corrected chi connectivity index (χ4v) is 4.87. The maximum Gasteiger partial charge on any atom is 0.276 e. The fraction of sp³-hybridized carbons (Fsp3) is 0.636. The van der Waals surface area contributed by atoms with Crippen LogP contribution in [0, 0.1) is 0 Å². The number of furan rings is 1. The summed E-state index contributed by atoms with van der Waals surface area (Å²) in [7, 11) is -3.59. The quantitative estimate of drug-likeness (QED) is 0.908. The van der Waals surface area contributed by atoms with E-state index in [0.29, 0.717) is 6.54 Å². The van der Waals surface area contributed by atoms with Crippen LogP contribution in [0.25, 0.3) is 0 Å². The Bertz CT molecular complexity index is 511. The molecule has 1 aliphatic heterocycles. The van der Waals surface area contributed by atoms with Gasteiger partial charge in [0, 0.05) is 23.6 Å². The zero-order chi connectivity index (χ0) is 13.3. The summed E-state index contributed by atoms with van der Waals surface area (Å²) in [5.41, 5.74) is 0. The number of aliphatic hydroxyl groups is 1. The Morgan fingerprint density at radius 3 is 2.83 bits per heavy atom. The highest BCUT2D eigenvalue weighted by Crippen LogP contribution is 2.29. The van der Waals surface area contributed by atoms with Gasteiger partial charge in [0.05, 0.1) is 0 Å². The van der Waals surface area contributed by atoms with Gasteiger partial charge in [-0.05, 0) is 19.1 Å². The van der Waals surface area contributed by atoms with E-state index in [-0.39, 0.29) is 28.8 Å². The lowest BCUT2D eigenvalue weighted by atomic mass is 10.2. The van der Waals surface area contributed by atoms with Crippen molar-refractivity contribution in [1.29, 1.82) is 0 Å². The predicted octanol–water partition coefficient (Wildman–Crippen LogP) is 1.29. The van der Waals surface area contributed by atoms with Crippen LogP contribution in [0.15, 0.2) is 21.6 Å². The SMILES string of the molecule is CC1SCCN(S(=O)(=O)c2ccc(CO)o2)C1C. The average molecular weight is 291 g/mol. The highest BCUT2D eigenvalue weighted by atomic mass is 32.2. The Kier molecular flexibility index (Phi) is 4.05. The molecule has 1 aromatic rings.